The largest absolute Gasteiger partial charge is 0.308 e. The molecule has 0 spiro atoms. The first kappa shape index (κ1) is 50.0. The lowest BCUT2D eigenvalue weighted by molar-refractivity contribution is -0.383. The van der Waals surface area contributed by atoms with Crippen molar-refractivity contribution in [2.75, 3.05) is 89.0 Å². The minimum atomic E-state index is -3.98. The normalized spacial score (nSPS) is 16.2. The van der Waals surface area contributed by atoms with Crippen LogP contribution in [0.3, 0.4) is 0 Å². The first-order chi connectivity index (χ1) is 32.2. The second kappa shape index (κ2) is 20.4. The second-order valence-electron chi connectivity index (χ2n) is 16.9. The maximum Gasteiger partial charge on any atom is 0.279 e. The van der Waals surface area contributed by atoms with Gasteiger partial charge in [-0.2, -0.15) is 0 Å². The maximum absolute atomic E-state index is 13.7. The number of carbonyl (C=O) groups is 2. The number of nitro benzene ring substituents is 2. The predicted molar refractivity (Wildman–Crippen MR) is 265 cm³/mol. The molecule has 68 heavy (non-hydrogen) atoms. The molecule has 2 aliphatic heterocycles. The van der Waals surface area contributed by atoms with Crippen molar-refractivity contribution >= 4 is 112 Å². The Morgan fingerprint density at radius 2 is 1.00 bits per heavy atom. The molecule has 0 aliphatic carbocycles. The van der Waals surface area contributed by atoms with Gasteiger partial charge in [0.15, 0.2) is 0 Å². The Hall–Kier alpha value is -5.84. The third-order valence-electron chi connectivity index (χ3n) is 11.8. The Labute approximate surface area is 403 Å². The number of hydrogen-bond donors (Lipinski definition) is 2. The van der Waals surface area contributed by atoms with Crippen molar-refractivity contribution in [2.24, 2.45) is 0 Å². The van der Waals surface area contributed by atoms with E-state index in [0.29, 0.717) is 57.5 Å². The number of nitrogens with zero attached hydrogens (tertiary/aromatic N) is 6. The molecule has 5 aromatic rings. The Balaban J connectivity index is 1.08. The number of benzene rings is 5. The number of likely N-dealkylation sites (N-methyl/N-ethyl adjacent to an activating group) is 2. The molecule has 0 saturated heterocycles. The second-order valence-corrected chi connectivity index (χ2v) is 21.1. The summed E-state index contributed by atoms with van der Waals surface area (Å²) in [5, 5.41) is 25.8. The van der Waals surface area contributed by atoms with Crippen molar-refractivity contribution in [3.05, 3.63) is 127 Å². The molecule has 18 nitrogen and oxygen atoms in total. The van der Waals surface area contributed by atoms with E-state index in [9.17, 15) is 46.7 Å². The summed E-state index contributed by atoms with van der Waals surface area (Å²) in [6.07, 6.45) is 5.83. The van der Waals surface area contributed by atoms with Crippen molar-refractivity contribution < 1.29 is 36.3 Å². The molecule has 0 bridgehead atoms. The van der Waals surface area contributed by atoms with Crippen LogP contribution in [-0.4, -0.2) is 128 Å². The molecule has 2 aliphatic rings. The van der Waals surface area contributed by atoms with Crippen LogP contribution in [0.15, 0.2) is 94.7 Å². The molecule has 358 valence electrons. The molecule has 2 unspecified atom stereocenters. The van der Waals surface area contributed by atoms with Crippen LogP contribution in [0.2, 0.25) is 0 Å². The van der Waals surface area contributed by atoms with Crippen molar-refractivity contribution in [1.29, 1.82) is 0 Å². The van der Waals surface area contributed by atoms with E-state index >= 15 is 0 Å². The Morgan fingerprint density at radius 3 is 1.32 bits per heavy atom. The number of hydrogen-bond acceptors (Lipinski definition) is 12. The zero-order valence-electron chi connectivity index (χ0n) is 37.4. The number of anilines is 2. The van der Waals surface area contributed by atoms with E-state index in [0.717, 1.165) is 0 Å². The first-order valence-electron chi connectivity index (χ1n) is 21.2. The lowest BCUT2D eigenvalue weighted by Crippen LogP contribution is -2.31. The number of rotatable bonds is 18. The standard InChI is InChI=1S/C46H48Cl2N8O10S2/c1-51(2)19-17-49-67(63,64)33-11-13-35-37(21-33)39(55(59)60)23-41-45(35)31(25-47)27-53(41)43(57)15-9-29-5-7-30(8-6-29)10-16-44(58)54-28-32(26-48)46-36-14-12-34(68(65,66)50-18-20-52(3)4)22-38(36)40(56(61)62)24-42(46)54/h5-16,21-24,31-32,49-50H,17-20,25-28H2,1-4H3/b15-9+,16-10+. The van der Waals surface area contributed by atoms with E-state index in [1.165, 1.54) is 70.5 Å². The summed E-state index contributed by atoms with van der Waals surface area (Å²) in [5.74, 6) is -1.53. The Morgan fingerprint density at radius 1 is 0.632 bits per heavy atom. The van der Waals surface area contributed by atoms with Crippen LogP contribution in [0, 0.1) is 20.2 Å². The highest BCUT2D eigenvalue weighted by atomic mass is 35.5. The SMILES string of the molecule is CN(C)CCNS(=O)(=O)c1ccc2c3c(cc([N+](=O)[O-])c2c1)N(C(=O)/C=C/c1ccc(/C=C/C(=O)N2CC(CCl)c4c2cc([N+](=O)[O-])c2cc(S(=O)(=O)NCCN(C)C)ccc42)cc1)CC3CCl. The van der Waals surface area contributed by atoms with Gasteiger partial charge in [0.05, 0.1) is 41.8 Å². The highest BCUT2D eigenvalue weighted by Gasteiger charge is 2.38. The first-order valence-corrected chi connectivity index (χ1v) is 25.3. The number of halogens is 2. The third kappa shape index (κ3) is 10.4. The summed E-state index contributed by atoms with van der Waals surface area (Å²) < 4.78 is 57.4. The average Bonchev–Trinajstić information content (AvgIpc) is 3.88. The van der Waals surface area contributed by atoms with Gasteiger partial charge in [-0.05, 0) is 97.6 Å². The lowest BCUT2D eigenvalue weighted by Gasteiger charge is -2.16. The van der Waals surface area contributed by atoms with Crippen molar-refractivity contribution in [1.82, 2.24) is 19.2 Å². The van der Waals surface area contributed by atoms with Crippen LogP contribution in [0.5, 0.6) is 0 Å². The molecule has 2 atom stereocenters. The molecular formula is C46H48Cl2N8O10S2. The quantitative estimate of drug-likeness (QED) is 0.0430. The zero-order valence-corrected chi connectivity index (χ0v) is 40.5. The van der Waals surface area contributed by atoms with Gasteiger partial charge in [0, 0.05) is 87.1 Å². The third-order valence-corrected chi connectivity index (χ3v) is 15.5. The number of nitro groups is 2. The van der Waals surface area contributed by atoms with Gasteiger partial charge in [0.25, 0.3) is 23.2 Å². The summed E-state index contributed by atoms with van der Waals surface area (Å²) in [5.41, 5.74) is 2.35. The summed E-state index contributed by atoms with van der Waals surface area (Å²) >= 11 is 12.8. The molecule has 22 heteroatoms. The molecule has 2 N–H and O–H groups in total. The minimum Gasteiger partial charge on any atom is -0.308 e. The predicted octanol–water partition coefficient (Wildman–Crippen LogP) is 6.25. The van der Waals surface area contributed by atoms with E-state index in [-0.39, 0.29) is 69.9 Å². The molecule has 0 saturated carbocycles. The molecular weight excluding hydrogens is 960 g/mol. The van der Waals surface area contributed by atoms with Crippen LogP contribution < -0.4 is 19.2 Å². The van der Waals surface area contributed by atoms with Gasteiger partial charge >= 0.3 is 0 Å². The van der Waals surface area contributed by atoms with Gasteiger partial charge in [0.1, 0.15) is 0 Å². The summed E-state index contributed by atoms with van der Waals surface area (Å²) in [7, 11) is -0.759. The van der Waals surface area contributed by atoms with Crippen LogP contribution >= 0.6 is 23.2 Å². The fourth-order valence-corrected chi connectivity index (χ4v) is 11.0. The zero-order chi connectivity index (χ0) is 49.2. The fraction of sp³-hybridized carbons (Fsp3) is 0.304. The number of carbonyl (C=O) groups excluding carboxylic acids is 2. The smallest absolute Gasteiger partial charge is 0.279 e. The van der Waals surface area contributed by atoms with Crippen molar-refractivity contribution in [2.45, 2.75) is 21.6 Å². The molecule has 2 amide bonds. The number of alkyl halides is 2. The van der Waals surface area contributed by atoms with E-state index in [4.69, 9.17) is 23.2 Å². The van der Waals surface area contributed by atoms with E-state index in [1.807, 2.05) is 9.80 Å². The van der Waals surface area contributed by atoms with E-state index < -0.39 is 53.5 Å². The summed E-state index contributed by atoms with van der Waals surface area (Å²) in [6.45, 7) is 1.45. The van der Waals surface area contributed by atoms with Crippen molar-refractivity contribution in [3.8, 4) is 0 Å². The number of nitrogens with one attached hydrogen (secondary N) is 2. The highest BCUT2D eigenvalue weighted by Crippen LogP contribution is 2.47. The highest BCUT2D eigenvalue weighted by molar-refractivity contribution is 7.89. The number of amides is 2. The summed E-state index contributed by atoms with van der Waals surface area (Å²) in [6, 6.07) is 17.8. The lowest BCUT2D eigenvalue weighted by atomic mass is 9.95. The molecule has 0 aromatic heterocycles. The molecule has 0 radical (unpaired) electrons. The molecule has 2 heterocycles. The maximum atomic E-state index is 13.7. The van der Waals surface area contributed by atoms with E-state index in [2.05, 4.69) is 9.44 Å². The van der Waals surface area contributed by atoms with Crippen LogP contribution in [0.4, 0.5) is 22.7 Å². The van der Waals surface area contributed by atoms with Gasteiger partial charge < -0.3 is 19.6 Å². The number of fused-ring (bicyclic) bond motifs is 6. The number of sulfonamides is 2. The molecule has 0 fully saturated rings. The van der Waals surface area contributed by atoms with E-state index in [1.54, 1.807) is 64.6 Å². The average molecular weight is 1010 g/mol. The van der Waals surface area contributed by atoms with Gasteiger partial charge in [-0.1, -0.05) is 36.4 Å². The molecule has 5 aromatic carbocycles. The van der Waals surface area contributed by atoms with Crippen LogP contribution in [-0.2, 0) is 29.6 Å². The van der Waals surface area contributed by atoms with Gasteiger partial charge in [-0.25, -0.2) is 26.3 Å². The minimum absolute atomic E-state index is 0.0937. The molecule has 7 rings (SSSR count). The van der Waals surface area contributed by atoms with Gasteiger partial charge in [0.2, 0.25) is 20.0 Å². The fourth-order valence-electron chi connectivity index (χ4n) is 8.42. The Bertz CT molecular complexity index is 2920. The topological polar surface area (TPSA) is 226 Å². The van der Waals surface area contributed by atoms with Crippen molar-refractivity contribution in [3.63, 3.8) is 0 Å². The number of non-ortho nitro benzene ring substituents is 2. The van der Waals surface area contributed by atoms with Gasteiger partial charge in [-0.15, -0.1) is 23.2 Å². The van der Waals surface area contributed by atoms with Gasteiger partial charge in [-0.3, -0.25) is 29.8 Å². The summed E-state index contributed by atoms with van der Waals surface area (Å²) in [4.78, 5) is 57.2. The van der Waals surface area contributed by atoms with Crippen LogP contribution in [0.25, 0.3) is 33.7 Å². The monoisotopic (exact) mass is 1010 g/mol. The van der Waals surface area contributed by atoms with Crippen LogP contribution in [0.1, 0.15) is 34.1 Å². The Kier molecular flexibility index (Phi) is 15.0.